The van der Waals surface area contributed by atoms with Crippen molar-refractivity contribution in [2.75, 3.05) is 18.6 Å². The van der Waals surface area contributed by atoms with Gasteiger partial charge in [-0.15, -0.1) is 0 Å². The van der Waals surface area contributed by atoms with Gasteiger partial charge in [0.05, 0.1) is 19.3 Å². The molecule has 6 heteroatoms. The van der Waals surface area contributed by atoms with E-state index >= 15 is 0 Å². The number of carboxylic acids is 1. The number of benzene rings is 2. The summed E-state index contributed by atoms with van der Waals surface area (Å²) in [7, 11) is 1.64. The lowest BCUT2D eigenvalue weighted by atomic mass is 9.83. The van der Waals surface area contributed by atoms with Crippen LogP contribution in [0.25, 0.3) is 0 Å². The van der Waals surface area contributed by atoms with E-state index in [4.69, 9.17) is 9.47 Å². The van der Waals surface area contributed by atoms with Gasteiger partial charge in [-0.3, -0.25) is 4.98 Å². The Labute approximate surface area is 188 Å². The van der Waals surface area contributed by atoms with Crippen molar-refractivity contribution < 1.29 is 19.4 Å². The highest BCUT2D eigenvalue weighted by Crippen LogP contribution is 2.37. The highest BCUT2D eigenvalue weighted by Gasteiger charge is 2.19. The Balaban J connectivity index is 1.65. The minimum Gasteiger partial charge on any atom is -0.493 e. The van der Waals surface area contributed by atoms with Crippen LogP contribution in [0.2, 0.25) is 0 Å². The fraction of sp³-hybridized carbons (Fsp3) is 0.308. The van der Waals surface area contributed by atoms with E-state index in [1.807, 2.05) is 42.6 Å². The Bertz CT molecular complexity index is 1050. The molecule has 1 fully saturated rings. The summed E-state index contributed by atoms with van der Waals surface area (Å²) in [6.45, 7) is 1.19. The number of hydrogen-bond acceptors (Lipinski definition) is 5. The molecule has 1 N–H and O–H groups in total. The summed E-state index contributed by atoms with van der Waals surface area (Å²) in [6, 6.07) is 16.6. The van der Waals surface area contributed by atoms with Crippen molar-refractivity contribution in [3.63, 3.8) is 0 Å². The zero-order valence-corrected chi connectivity index (χ0v) is 18.2. The molecule has 0 aliphatic heterocycles. The average molecular weight is 433 g/mol. The summed E-state index contributed by atoms with van der Waals surface area (Å²) in [4.78, 5) is 17.8. The maximum absolute atomic E-state index is 11.5. The fourth-order valence-corrected chi connectivity index (χ4v) is 3.88. The molecule has 1 aliphatic carbocycles. The Morgan fingerprint density at radius 1 is 1.09 bits per heavy atom. The number of pyridine rings is 1. The maximum Gasteiger partial charge on any atom is 0.335 e. The normalized spacial score (nSPS) is 13.3. The van der Waals surface area contributed by atoms with Crippen LogP contribution in [0.5, 0.6) is 11.5 Å². The number of rotatable bonds is 10. The number of carboxylic acid groups (broad SMARTS) is 1. The number of hydrogen-bond donors (Lipinski definition) is 1. The molecule has 0 unspecified atom stereocenters. The second-order valence-electron chi connectivity index (χ2n) is 8.07. The van der Waals surface area contributed by atoms with E-state index in [-0.39, 0.29) is 5.56 Å². The van der Waals surface area contributed by atoms with Crippen LogP contribution in [0.15, 0.2) is 67.0 Å². The van der Waals surface area contributed by atoms with Crippen LogP contribution in [-0.2, 0) is 6.54 Å². The lowest BCUT2D eigenvalue weighted by Crippen LogP contribution is -2.18. The number of anilines is 2. The Hall–Kier alpha value is -3.54. The van der Waals surface area contributed by atoms with Crippen LogP contribution >= 0.6 is 0 Å². The van der Waals surface area contributed by atoms with Crippen LogP contribution < -0.4 is 14.4 Å². The second kappa shape index (κ2) is 10.2. The Morgan fingerprint density at radius 2 is 1.94 bits per heavy atom. The van der Waals surface area contributed by atoms with E-state index in [2.05, 4.69) is 9.88 Å². The SMILES string of the molecule is COc1ccc(N(Cc2cccnc2)c2cccc(C(=O)O)c2)cc1OCCC1CCC1. The molecule has 0 saturated heterocycles. The predicted molar refractivity (Wildman–Crippen MR) is 124 cm³/mol. The Morgan fingerprint density at radius 3 is 2.62 bits per heavy atom. The van der Waals surface area contributed by atoms with Gasteiger partial charge in [0, 0.05) is 36.4 Å². The van der Waals surface area contributed by atoms with Crippen molar-refractivity contribution in [3.8, 4) is 11.5 Å². The molecule has 0 radical (unpaired) electrons. The van der Waals surface area contributed by atoms with Crippen molar-refractivity contribution in [1.82, 2.24) is 4.98 Å². The first-order valence-corrected chi connectivity index (χ1v) is 10.9. The lowest BCUT2D eigenvalue weighted by Gasteiger charge is -2.27. The van der Waals surface area contributed by atoms with Crippen LogP contribution in [0.4, 0.5) is 11.4 Å². The summed E-state index contributed by atoms with van der Waals surface area (Å²) in [5, 5.41) is 9.47. The average Bonchev–Trinajstić information content (AvgIpc) is 2.79. The van der Waals surface area contributed by atoms with Crippen molar-refractivity contribution >= 4 is 17.3 Å². The molecule has 2 aromatic carbocycles. The van der Waals surface area contributed by atoms with Crippen LogP contribution in [0, 0.1) is 5.92 Å². The van der Waals surface area contributed by atoms with Crippen LogP contribution in [0.3, 0.4) is 0 Å². The summed E-state index contributed by atoms with van der Waals surface area (Å²) < 4.78 is 11.6. The summed E-state index contributed by atoms with van der Waals surface area (Å²) in [6.07, 6.45) is 8.50. The summed E-state index contributed by atoms with van der Waals surface area (Å²) in [5.74, 6) is 1.19. The molecule has 3 aromatic rings. The first kappa shape index (κ1) is 21.7. The zero-order chi connectivity index (χ0) is 22.3. The van der Waals surface area contributed by atoms with E-state index < -0.39 is 5.97 Å². The third kappa shape index (κ3) is 5.19. The van der Waals surface area contributed by atoms with E-state index in [0.717, 1.165) is 29.3 Å². The standard InChI is InChI=1S/C26H28N2O4/c1-31-24-11-10-23(16-25(24)32-14-12-19-5-2-6-19)28(18-20-7-4-13-27-17-20)22-9-3-8-21(15-22)26(29)30/h3-4,7-11,13,15-17,19H,2,5-6,12,14,18H2,1H3,(H,29,30). The van der Waals surface area contributed by atoms with E-state index in [9.17, 15) is 9.90 Å². The number of aromatic carboxylic acids is 1. The number of ether oxygens (including phenoxy) is 2. The van der Waals surface area contributed by atoms with Gasteiger partial charge < -0.3 is 19.5 Å². The number of methoxy groups -OCH3 is 1. The Kier molecular flexibility index (Phi) is 6.90. The first-order chi connectivity index (χ1) is 15.6. The summed E-state index contributed by atoms with van der Waals surface area (Å²) >= 11 is 0. The largest absolute Gasteiger partial charge is 0.493 e. The quantitative estimate of drug-likeness (QED) is 0.443. The van der Waals surface area contributed by atoms with Crippen LogP contribution in [0.1, 0.15) is 41.6 Å². The monoisotopic (exact) mass is 432 g/mol. The molecule has 0 amide bonds. The molecular formula is C26H28N2O4. The highest BCUT2D eigenvalue weighted by molar-refractivity contribution is 5.89. The molecule has 1 aliphatic rings. The number of aromatic nitrogens is 1. The van der Waals surface area contributed by atoms with Gasteiger partial charge in [-0.1, -0.05) is 31.4 Å². The van der Waals surface area contributed by atoms with Gasteiger partial charge in [0.25, 0.3) is 0 Å². The molecule has 32 heavy (non-hydrogen) atoms. The van der Waals surface area contributed by atoms with Crippen molar-refractivity contribution in [2.45, 2.75) is 32.2 Å². The van der Waals surface area contributed by atoms with E-state index in [1.165, 1.54) is 19.3 Å². The lowest BCUT2D eigenvalue weighted by molar-refractivity contribution is 0.0697. The summed E-state index contributed by atoms with van der Waals surface area (Å²) in [5.41, 5.74) is 2.91. The molecule has 1 saturated carbocycles. The molecular weight excluding hydrogens is 404 g/mol. The molecule has 0 bridgehead atoms. The van der Waals surface area contributed by atoms with Gasteiger partial charge >= 0.3 is 5.97 Å². The minimum atomic E-state index is -0.956. The molecule has 166 valence electrons. The minimum absolute atomic E-state index is 0.240. The smallest absolute Gasteiger partial charge is 0.335 e. The molecule has 1 heterocycles. The number of carbonyl (C=O) groups is 1. The van der Waals surface area contributed by atoms with E-state index in [1.54, 1.807) is 31.5 Å². The van der Waals surface area contributed by atoms with Gasteiger partial charge in [-0.05, 0) is 54.3 Å². The molecule has 0 spiro atoms. The molecule has 4 rings (SSSR count). The third-order valence-electron chi connectivity index (χ3n) is 5.94. The second-order valence-corrected chi connectivity index (χ2v) is 8.07. The van der Waals surface area contributed by atoms with Gasteiger partial charge in [-0.2, -0.15) is 0 Å². The number of nitrogens with zero attached hydrogens (tertiary/aromatic N) is 2. The van der Waals surface area contributed by atoms with Gasteiger partial charge in [0.1, 0.15) is 0 Å². The molecule has 1 aromatic heterocycles. The van der Waals surface area contributed by atoms with Gasteiger partial charge in [0.2, 0.25) is 0 Å². The molecule has 6 nitrogen and oxygen atoms in total. The van der Waals surface area contributed by atoms with Crippen molar-refractivity contribution in [1.29, 1.82) is 0 Å². The van der Waals surface area contributed by atoms with Gasteiger partial charge in [0.15, 0.2) is 11.5 Å². The van der Waals surface area contributed by atoms with E-state index in [0.29, 0.717) is 24.7 Å². The fourth-order valence-electron chi connectivity index (χ4n) is 3.88. The topological polar surface area (TPSA) is 71.9 Å². The highest BCUT2D eigenvalue weighted by atomic mass is 16.5. The molecule has 0 atom stereocenters. The van der Waals surface area contributed by atoms with Gasteiger partial charge in [-0.25, -0.2) is 4.79 Å². The van der Waals surface area contributed by atoms with Crippen molar-refractivity contribution in [2.24, 2.45) is 5.92 Å². The van der Waals surface area contributed by atoms with Crippen LogP contribution in [-0.4, -0.2) is 29.8 Å². The third-order valence-corrected chi connectivity index (χ3v) is 5.94. The maximum atomic E-state index is 11.5. The predicted octanol–water partition coefficient (Wildman–Crippen LogP) is 5.70. The first-order valence-electron chi connectivity index (χ1n) is 10.9. The zero-order valence-electron chi connectivity index (χ0n) is 18.2. The van der Waals surface area contributed by atoms with Crippen molar-refractivity contribution in [3.05, 3.63) is 78.1 Å².